The molecule has 0 unspecified atom stereocenters. The highest BCUT2D eigenvalue weighted by atomic mass is 19.1. The number of amides is 2. The van der Waals surface area contributed by atoms with E-state index in [1.54, 1.807) is 17.0 Å². The summed E-state index contributed by atoms with van der Waals surface area (Å²) in [5, 5.41) is 2.98. The molecule has 0 bridgehead atoms. The molecule has 1 aliphatic heterocycles. The second-order valence-corrected chi connectivity index (χ2v) is 6.65. The standard InChI is InChI=1S/C21H23FN2O2/c1-3-12-24-19(25)13-16-6-4-5-7-18(16)20(24)21(26)23-14(2)15-8-10-17(22)11-9-15/h4-11,14,20H,3,12-13H2,1-2H3,(H,23,26)/t14-,20-/m0/s1. The molecule has 26 heavy (non-hydrogen) atoms. The zero-order valence-corrected chi connectivity index (χ0v) is 15.0. The summed E-state index contributed by atoms with van der Waals surface area (Å²) in [5.74, 6) is -0.552. The quantitative estimate of drug-likeness (QED) is 0.893. The molecule has 1 heterocycles. The largest absolute Gasteiger partial charge is 0.347 e. The van der Waals surface area contributed by atoms with Crippen molar-refractivity contribution in [3.05, 3.63) is 71.0 Å². The van der Waals surface area contributed by atoms with Crippen molar-refractivity contribution in [1.82, 2.24) is 10.2 Å². The highest BCUT2D eigenvalue weighted by Gasteiger charge is 2.36. The minimum atomic E-state index is -0.629. The molecule has 0 radical (unpaired) electrons. The SMILES string of the molecule is CCCN1C(=O)Cc2ccccc2[C@H]1C(=O)N[C@@H](C)c1ccc(F)cc1. The van der Waals surface area contributed by atoms with Crippen molar-refractivity contribution in [2.45, 2.75) is 38.8 Å². The smallest absolute Gasteiger partial charge is 0.247 e. The zero-order valence-electron chi connectivity index (χ0n) is 15.0. The third-order valence-electron chi connectivity index (χ3n) is 4.77. The number of nitrogens with one attached hydrogen (secondary N) is 1. The van der Waals surface area contributed by atoms with Gasteiger partial charge in [0, 0.05) is 6.54 Å². The first kappa shape index (κ1) is 18.1. The lowest BCUT2D eigenvalue weighted by atomic mass is 9.91. The molecule has 1 aliphatic rings. The van der Waals surface area contributed by atoms with E-state index in [9.17, 15) is 14.0 Å². The van der Waals surface area contributed by atoms with E-state index < -0.39 is 6.04 Å². The van der Waals surface area contributed by atoms with Crippen LogP contribution < -0.4 is 5.32 Å². The molecule has 0 saturated carbocycles. The van der Waals surface area contributed by atoms with Crippen molar-refractivity contribution in [3.63, 3.8) is 0 Å². The lowest BCUT2D eigenvalue weighted by Crippen LogP contribution is -2.48. The fourth-order valence-corrected chi connectivity index (χ4v) is 3.44. The number of hydrogen-bond acceptors (Lipinski definition) is 2. The summed E-state index contributed by atoms with van der Waals surface area (Å²) in [6, 6.07) is 12.7. The topological polar surface area (TPSA) is 49.4 Å². The molecule has 0 saturated heterocycles. The molecule has 0 aromatic heterocycles. The molecule has 2 aromatic rings. The maximum absolute atomic E-state index is 13.1. The van der Waals surface area contributed by atoms with E-state index in [0.29, 0.717) is 13.0 Å². The van der Waals surface area contributed by atoms with E-state index in [-0.39, 0.29) is 23.7 Å². The summed E-state index contributed by atoms with van der Waals surface area (Å²) in [6.45, 7) is 4.38. The number of rotatable bonds is 5. The van der Waals surface area contributed by atoms with Crippen LogP contribution >= 0.6 is 0 Å². The average molecular weight is 354 g/mol. The van der Waals surface area contributed by atoms with Crippen LogP contribution in [0.2, 0.25) is 0 Å². The second-order valence-electron chi connectivity index (χ2n) is 6.65. The first-order valence-corrected chi connectivity index (χ1v) is 8.94. The lowest BCUT2D eigenvalue weighted by molar-refractivity contribution is -0.141. The number of halogens is 1. The van der Waals surface area contributed by atoms with E-state index >= 15 is 0 Å². The predicted molar refractivity (Wildman–Crippen MR) is 97.8 cm³/mol. The van der Waals surface area contributed by atoms with E-state index in [0.717, 1.165) is 23.1 Å². The van der Waals surface area contributed by atoms with Crippen LogP contribution in [0.25, 0.3) is 0 Å². The van der Waals surface area contributed by atoms with Gasteiger partial charge in [0.1, 0.15) is 11.9 Å². The highest BCUT2D eigenvalue weighted by Crippen LogP contribution is 2.31. The fraction of sp³-hybridized carbons (Fsp3) is 0.333. The molecular formula is C21H23FN2O2. The van der Waals surface area contributed by atoms with Crippen molar-refractivity contribution in [2.24, 2.45) is 0 Å². The molecule has 2 aromatic carbocycles. The minimum absolute atomic E-state index is 0.0277. The number of fused-ring (bicyclic) bond motifs is 1. The third-order valence-corrected chi connectivity index (χ3v) is 4.77. The van der Waals surface area contributed by atoms with Gasteiger partial charge in [0.05, 0.1) is 12.5 Å². The molecule has 0 spiro atoms. The van der Waals surface area contributed by atoms with Gasteiger partial charge in [-0.3, -0.25) is 9.59 Å². The van der Waals surface area contributed by atoms with Gasteiger partial charge in [0.25, 0.3) is 0 Å². The van der Waals surface area contributed by atoms with Crippen molar-refractivity contribution >= 4 is 11.8 Å². The van der Waals surface area contributed by atoms with Crippen LogP contribution in [-0.2, 0) is 16.0 Å². The van der Waals surface area contributed by atoms with Crippen LogP contribution in [0.15, 0.2) is 48.5 Å². The average Bonchev–Trinajstić information content (AvgIpc) is 2.62. The molecule has 5 heteroatoms. The normalized spacial score (nSPS) is 17.6. The van der Waals surface area contributed by atoms with E-state index in [1.807, 2.05) is 38.1 Å². The first-order chi connectivity index (χ1) is 12.5. The maximum Gasteiger partial charge on any atom is 0.247 e. The second kappa shape index (κ2) is 7.68. The predicted octanol–water partition coefficient (Wildman–Crippen LogP) is 3.54. The van der Waals surface area contributed by atoms with Crippen LogP contribution in [-0.4, -0.2) is 23.3 Å². The lowest BCUT2D eigenvalue weighted by Gasteiger charge is -2.36. The summed E-state index contributed by atoms with van der Waals surface area (Å²) in [4.78, 5) is 27.3. The molecular weight excluding hydrogens is 331 g/mol. The Morgan fingerprint density at radius 2 is 1.92 bits per heavy atom. The van der Waals surface area contributed by atoms with Crippen LogP contribution in [0.1, 0.15) is 49.0 Å². The van der Waals surface area contributed by atoms with Gasteiger partial charge in [-0.25, -0.2) is 4.39 Å². The van der Waals surface area contributed by atoms with Gasteiger partial charge in [0.15, 0.2) is 0 Å². The molecule has 136 valence electrons. The van der Waals surface area contributed by atoms with Crippen molar-refractivity contribution in [3.8, 4) is 0 Å². The Morgan fingerprint density at radius 3 is 2.62 bits per heavy atom. The number of hydrogen-bond donors (Lipinski definition) is 1. The minimum Gasteiger partial charge on any atom is -0.347 e. The van der Waals surface area contributed by atoms with Crippen LogP contribution in [0.3, 0.4) is 0 Å². The summed E-state index contributed by atoms with van der Waals surface area (Å²) in [6.07, 6.45) is 1.11. The van der Waals surface area contributed by atoms with E-state index in [2.05, 4.69) is 5.32 Å². The molecule has 2 amide bonds. The summed E-state index contributed by atoms with van der Waals surface area (Å²) < 4.78 is 13.1. The zero-order chi connectivity index (χ0) is 18.7. The summed E-state index contributed by atoms with van der Waals surface area (Å²) in [7, 11) is 0. The van der Waals surface area contributed by atoms with Gasteiger partial charge in [-0.15, -0.1) is 0 Å². The van der Waals surface area contributed by atoms with Gasteiger partial charge >= 0.3 is 0 Å². The Balaban J connectivity index is 1.87. The Morgan fingerprint density at radius 1 is 1.23 bits per heavy atom. The van der Waals surface area contributed by atoms with Crippen molar-refractivity contribution < 1.29 is 14.0 Å². The van der Waals surface area contributed by atoms with Crippen LogP contribution in [0.5, 0.6) is 0 Å². The Labute approximate surface area is 153 Å². The van der Waals surface area contributed by atoms with Gasteiger partial charge in [-0.2, -0.15) is 0 Å². The van der Waals surface area contributed by atoms with E-state index in [1.165, 1.54) is 12.1 Å². The summed E-state index contributed by atoms with van der Waals surface area (Å²) >= 11 is 0. The number of carbonyl (C=O) groups excluding carboxylic acids is 2. The van der Waals surface area contributed by atoms with Crippen LogP contribution in [0, 0.1) is 5.82 Å². The van der Waals surface area contributed by atoms with Crippen molar-refractivity contribution in [1.29, 1.82) is 0 Å². The van der Waals surface area contributed by atoms with Gasteiger partial charge < -0.3 is 10.2 Å². The van der Waals surface area contributed by atoms with Crippen LogP contribution in [0.4, 0.5) is 4.39 Å². The Hall–Kier alpha value is -2.69. The molecule has 3 rings (SSSR count). The Kier molecular flexibility index (Phi) is 5.35. The monoisotopic (exact) mass is 354 g/mol. The molecule has 0 fully saturated rings. The number of nitrogens with zero attached hydrogens (tertiary/aromatic N) is 1. The first-order valence-electron chi connectivity index (χ1n) is 8.94. The number of carbonyl (C=O) groups is 2. The molecule has 2 atom stereocenters. The Bertz CT molecular complexity index is 804. The van der Waals surface area contributed by atoms with E-state index in [4.69, 9.17) is 0 Å². The molecule has 4 nitrogen and oxygen atoms in total. The molecule has 0 aliphatic carbocycles. The molecule has 1 N–H and O–H groups in total. The number of benzene rings is 2. The van der Waals surface area contributed by atoms with Crippen molar-refractivity contribution in [2.75, 3.05) is 6.54 Å². The van der Waals surface area contributed by atoms with Gasteiger partial charge in [-0.05, 0) is 42.2 Å². The highest BCUT2D eigenvalue weighted by molar-refractivity contribution is 5.92. The fourth-order valence-electron chi connectivity index (χ4n) is 3.44. The van der Waals surface area contributed by atoms with Gasteiger partial charge in [-0.1, -0.05) is 43.3 Å². The maximum atomic E-state index is 13.1. The summed E-state index contributed by atoms with van der Waals surface area (Å²) in [5.41, 5.74) is 2.60. The third kappa shape index (κ3) is 3.62. The van der Waals surface area contributed by atoms with Gasteiger partial charge in [0.2, 0.25) is 11.8 Å².